The van der Waals surface area contributed by atoms with Crippen LogP contribution in [0, 0.1) is 5.92 Å². The lowest BCUT2D eigenvalue weighted by molar-refractivity contribution is -0.150. The molecule has 0 aliphatic carbocycles. The maximum atomic E-state index is 11.7. The van der Waals surface area contributed by atoms with E-state index >= 15 is 0 Å². The number of esters is 1. The Morgan fingerprint density at radius 2 is 1.86 bits per heavy atom. The highest BCUT2D eigenvalue weighted by Gasteiger charge is 2.16. The number of nitrogens with one attached hydrogen (secondary N) is 1. The van der Waals surface area contributed by atoms with E-state index in [0.717, 1.165) is 10.5 Å². The van der Waals surface area contributed by atoms with Crippen molar-refractivity contribution in [2.24, 2.45) is 5.92 Å². The summed E-state index contributed by atoms with van der Waals surface area (Å²) in [5, 5.41) is 2.73. The Bertz CT molecular complexity index is 523. The molecule has 0 aliphatic rings. The van der Waals surface area contributed by atoms with Crippen LogP contribution in [-0.4, -0.2) is 30.8 Å². The van der Waals surface area contributed by atoms with Crippen molar-refractivity contribution in [3.8, 4) is 0 Å². The second-order valence-electron chi connectivity index (χ2n) is 5.32. The van der Waals surface area contributed by atoms with Crippen LogP contribution in [0.3, 0.4) is 0 Å². The van der Waals surface area contributed by atoms with Gasteiger partial charge in [-0.15, -0.1) is 11.8 Å². The molecule has 0 saturated carbocycles. The van der Waals surface area contributed by atoms with Gasteiger partial charge in [0.1, 0.15) is 0 Å². The zero-order valence-electron chi connectivity index (χ0n) is 13.5. The van der Waals surface area contributed by atoms with Crippen molar-refractivity contribution in [2.45, 2.75) is 31.8 Å². The van der Waals surface area contributed by atoms with Crippen LogP contribution >= 0.6 is 11.8 Å². The zero-order chi connectivity index (χ0) is 16.5. The van der Waals surface area contributed by atoms with E-state index in [1.807, 2.05) is 44.4 Å². The van der Waals surface area contributed by atoms with Gasteiger partial charge in [-0.3, -0.25) is 4.79 Å². The van der Waals surface area contributed by atoms with Crippen LogP contribution in [0.25, 0.3) is 6.08 Å². The van der Waals surface area contributed by atoms with Crippen molar-refractivity contribution in [1.29, 1.82) is 0 Å². The number of thioether (sulfide) groups is 1. The highest BCUT2D eigenvalue weighted by Crippen LogP contribution is 2.15. The van der Waals surface area contributed by atoms with Crippen molar-refractivity contribution in [2.75, 3.05) is 12.8 Å². The topological polar surface area (TPSA) is 55.4 Å². The number of ether oxygens (including phenoxy) is 1. The van der Waals surface area contributed by atoms with E-state index in [2.05, 4.69) is 5.32 Å². The Hall–Kier alpha value is -1.75. The molecule has 1 N–H and O–H groups in total. The summed E-state index contributed by atoms with van der Waals surface area (Å²) in [4.78, 5) is 24.6. The fourth-order valence-corrected chi connectivity index (χ4v) is 2.00. The van der Waals surface area contributed by atoms with Crippen molar-refractivity contribution in [1.82, 2.24) is 5.32 Å². The van der Waals surface area contributed by atoms with E-state index in [1.165, 1.54) is 6.08 Å². The molecule has 1 amide bonds. The van der Waals surface area contributed by atoms with Crippen LogP contribution in [-0.2, 0) is 14.3 Å². The van der Waals surface area contributed by atoms with E-state index in [9.17, 15) is 9.59 Å². The van der Waals surface area contributed by atoms with Gasteiger partial charge in [-0.1, -0.05) is 26.0 Å². The number of rotatable bonds is 7. The summed E-state index contributed by atoms with van der Waals surface area (Å²) in [6.07, 6.45) is 4.22. The lowest BCUT2D eigenvalue weighted by atomic mass is 10.2. The monoisotopic (exact) mass is 321 g/mol. The average molecular weight is 321 g/mol. The van der Waals surface area contributed by atoms with Gasteiger partial charge in [-0.2, -0.15) is 0 Å². The molecule has 0 unspecified atom stereocenters. The number of hydrogen-bond donors (Lipinski definition) is 1. The van der Waals surface area contributed by atoms with E-state index in [4.69, 9.17) is 4.74 Å². The normalized spacial score (nSPS) is 12.4. The zero-order valence-corrected chi connectivity index (χ0v) is 14.3. The smallest absolute Gasteiger partial charge is 0.331 e. The predicted octanol–water partition coefficient (Wildman–Crippen LogP) is 3.13. The molecule has 4 nitrogen and oxygen atoms in total. The van der Waals surface area contributed by atoms with Crippen molar-refractivity contribution in [3.63, 3.8) is 0 Å². The molecule has 0 fully saturated rings. The molecule has 0 bridgehead atoms. The lowest BCUT2D eigenvalue weighted by Crippen LogP contribution is -2.37. The minimum absolute atomic E-state index is 0.278. The van der Waals surface area contributed by atoms with E-state index in [1.54, 1.807) is 24.8 Å². The first-order valence-corrected chi connectivity index (χ1v) is 8.45. The van der Waals surface area contributed by atoms with Gasteiger partial charge in [0.2, 0.25) is 0 Å². The third-order valence-corrected chi connectivity index (χ3v) is 3.62. The first-order valence-electron chi connectivity index (χ1n) is 7.23. The number of carbonyl (C=O) groups is 2. The van der Waals surface area contributed by atoms with Crippen LogP contribution in [0.1, 0.15) is 26.3 Å². The van der Waals surface area contributed by atoms with Gasteiger partial charge in [0.05, 0.1) is 0 Å². The molecule has 1 aromatic carbocycles. The molecule has 22 heavy (non-hydrogen) atoms. The molecule has 0 spiro atoms. The lowest BCUT2D eigenvalue weighted by Gasteiger charge is -2.13. The highest BCUT2D eigenvalue weighted by molar-refractivity contribution is 7.98. The minimum Gasteiger partial charge on any atom is -0.449 e. The molecular weight excluding hydrogens is 298 g/mol. The van der Waals surface area contributed by atoms with Gasteiger partial charge in [0.15, 0.2) is 6.10 Å². The quantitative estimate of drug-likeness (QED) is 0.476. The molecule has 0 radical (unpaired) electrons. The van der Waals surface area contributed by atoms with Gasteiger partial charge in [-0.25, -0.2) is 4.79 Å². The van der Waals surface area contributed by atoms with Crippen LogP contribution in [0.15, 0.2) is 35.2 Å². The van der Waals surface area contributed by atoms with E-state index in [0.29, 0.717) is 12.5 Å². The summed E-state index contributed by atoms with van der Waals surface area (Å²) in [5.41, 5.74) is 0.909. The van der Waals surface area contributed by atoms with Crippen molar-refractivity contribution in [3.05, 3.63) is 35.9 Å². The Kier molecular flexibility index (Phi) is 7.74. The molecule has 1 atom stereocenters. The summed E-state index contributed by atoms with van der Waals surface area (Å²) in [7, 11) is 0. The largest absolute Gasteiger partial charge is 0.449 e. The fourth-order valence-electron chi connectivity index (χ4n) is 1.59. The van der Waals surface area contributed by atoms with Crippen LogP contribution in [0.4, 0.5) is 0 Å². The predicted molar refractivity (Wildman–Crippen MR) is 90.7 cm³/mol. The van der Waals surface area contributed by atoms with Crippen LogP contribution in [0.5, 0.6) is 0 Å². The summed E-state index contributed by atoms with van der Waals surface area (Å²) in [6.45, 7) is 6.14. The maximum Gasteiger partial charge on any atom is 0.331 e. The van der Waals surface area contributed by atoms with E-state index in [-0.39, 0.29) is 5.91 Å². The Morgan fingerprint density at radius 1 is 1.23 bits per heavy atom. The first-order chi connectivity index (χ1) is 10.4. The van der Waals surface area contributed by atoms with Crippen LogP contribution < -0.4 is 5.32 Å². The molecule has 0 aromatic heterocycles. The molecule has 120 valence electrons. The molecule has 0 heterocycles. The Balaban J connectivity index is 2.47. The Labute approximate surface area is 136 Å². The number of amides is 1. The maximum absolute atomic E-state index is 11.7. The number of hydrogen-bond acceptors (Lipinski definition) is 4. The molecule has 0 aliphatic heterocycles. The molecular formula is C17H23NO3S. The molecule has 1 rings (SSSR count). The van der Waals surface area contributed by atoms with Gasteiger partial charge in [0, 0.05) is 17.5 Å². The fraction of sp³-hybridized carbons (Fsp3) is 0.412. The number of benzene rings is 1. The molecule has 5 heteroatoms. The second-order valence-corrected chi connectivity index (χ2v) is 6.20. The summed E-state index contributed by atoms with van der Waals surface area (Å²) in [5.74, 6) is -0.447. The first kappa shape index (κ1) is 18.3. The SMILES string of the molecule is CSc1ccc(/C=C/C(=O)O[C@@H](C)C(=O)NCC(C)C)cc1. The van der Waals surface area contributed by atoms with E-state index < -0.39 is 12.1 Å². The second kappa shape index (κ2) is 9.30. The van der Waals surface area contributed by atoms with Crippen molar-refractivity contribution >= 4 is 29.7 Å². The highest BCUT2D eigenvalue weighted by atomic mass is 32.2. The minimum atomic E-state index is -0.797. The molecule has 1 aromatic rings. The van der Waals surface area contributed by atoms with Gasteiger partial charge >= 0.3 is 5.97 Å². The van der Waals surface area contributed by atoms with Crippen molar-refractivity contribution < 1.29 is 14.3 Å². The average Bonchev–Trinajstić information content (AvgIpc) is 2.50. The van der Waals surface area contributed by atoms with Gasteiger partial charge in [0.25, 0.3) is 5.91 Å². The van der Waals surface area contributed by atoms with Gasteiger partial charge < -0.3 is 10.1 Å². The summed E-state index contributed by atoms with van der Waals surface area (Å²) >= 11 is 1.66. The standard InChI is InChI=1S/C17H23NO3S/c1-12(2)11-18-17(20)13(3)21-16(19)10-7-14-5-8-15(22-4)9-6-14/h5-10,12-13H,11H2,1-4H3,(H,18,20)/b10-7+/t13-/m0/s1. The Morgan fingerprint density at radius 3 is 2.41 bits per heavy atom. The third-order valence-electron chi connectivity index (χ3n) is 2.87. The summed E-state index contributed by atoms with van der Waals surface area (Å²) in [6, 6.07) is 7.82. The van der Waals surface area contributed by atoms with Crippen LogP contribution in [0.2, 0.25) is 0 Å². The number of carbonyl (C=O) groups excluding carboxylic acids is 2. The summed E-state index contributed by atoms with van der Waals surface area (Å²) < 4.78 is 5.07. The third kappa shape index (κ3) is 6.80. The molecule has 0 saturated heterocycles. The van der Waals surface area contributed by atoms with Gasteiger partial charge in [-0.05, 0) is 42.9 Å².